The average Bonchev–Trinajstić information content (AvgIpc) is 2.83. The predicted molar refractivity (Wildman–Crippen MR) is 70.4 cm³/mol. The van der Waals surface area contributed by atoms with E-state index >= 15 is 0 Å². The third-order valence-corrected chi connectivity index (χ3v) is 5.13. The Labute approximate surface area is 108 Å². The van der Waals surface area contributed by atoms with Gasteiger partial charge in [-0.15, -0.1) is 22.7 Å². The molecule has 1 atom stereocenters. The molecule has 2 aromatic heterocycles. The summed E-state index contributed by atoms with van der Waals surface area (Å²) in [5.74, 6) is 0.158. The summed E-state index contributed by atoms with van der Waals surface area (Å²) in [5, 5.41) is 0. The summed E-state index contributed by atoms with van der Waals surface area (Å²) in [6.07, 6.45) is -0.0682. The second-order valence-corrected chi connectivity index (χ2v) is 6.77. The Hall–Kier alpha value is -0.970. The van der Waals surface area contributed by atoms with Crippen LogP contribution in [0.4, 0.5) is 0 Å². The summed E-state index contributed by atoms with van der Waals surface area (Å²) in [6.45, 7) is 4.06. The number of methoxy groups -OCH3 is 1. The van der Waals surface area contributed by atoms with Gasteiger partial charge in [-0.05, 0) is 26.0 Å². The van der Waals surface area contributed by atoms with Crippen LogP contribution in [0.15, 0.2) is 12.1 Å². The number of ketones is 1. The lowest BCUT2D eigenvalue weighted by molar-refractivity contribution is 0.0997. The molecule has 0 amide bonds. The van der Waals surface area contributed by atoms with Gasteiger partial charge >= 0.3 is 0 Å². The molecule has 0 saturated carbocycles. The molecule has 88 valence electrons. The second-order valence-electron chi connectivity index (χ2n) is 4.22. The molecular weight excluding hydrogens is 252 g/mol. The highest BCUT2D eigenvalue weighted by Crippen LogP contribution is 2.44. The Morgan fingerprint density at radius 1 is 1.18 bits per heavy atom. The lowest BCUT2D eigenvalue weighted by Crippen LogP contribution is -2.16. The van der Waals surface area contributed by atoms with Crippen molar-refractivity contribution in [3.05, 3.63) is 42.8 Å². The van der Waals surface area contributed by atoms with Crippen molar-refractivity contribution in [3.63, 3.8) is 0 Å². The van der Waals surface area contributed by atoms with Crippen LogP contribution in [-0.4, -0.2) is 12.9 Å². The summed E-state index contributed by atoms with van der Waals surface area (Å²) in [4.78, 5) is 16.6. The SMILES string of the molecule is COC1c2cc(C)sc2C(=O)c2cc(C)sc21. The molecule has 0 spiro atoms. The minimum Gasteiger partial charge on any atom is -0.371 e. The molecule has 0 aliphatic heterocycles. The van der Waals surface area contributed by atoms with Gasteiger partial charge in [0.05, 0.1) is 4.88 Å². The fraction of sp³-hybridized carbons (Fsp3) is 0.308. The number of hydrogen-bond acceptors (Lipinski definition) is 4. The second kappa shape index (κ2) is 3.77. The Balaban J connectivity index is 2.27. The van der Waals surface area contributed by atoms with Crippen molar-refractivity contribution in [2.75, 3.05) is 7.11 Å². The number of rotatable bonds is 1. The number of thiophene rings is 2. The van der Waals surface area contributed by atoms with Crippen LogP contribution >= 0.6 is 22.7 Å². The zero-order chi connectivity index (χ0) is 12.2. The topological polar surface area (TPSA) is 26.3 Å². The molecule has 0 radical (unpaired) electrons. The van der Waals surface area contributed by atoms with E-state index in [1.165, 1.54) is 0 Å². The van der Waals surface area contributed by atoms with Crippen molar-refractivity contribution in [1.82, 2.24) is 0 Å². The molecule has 1 aliphatic carbocycles. The van der Waals surface area contributed by atoms with E-state index in [2.05, 4.69) is 6.07 Å². The van der Waals surface area contributed by atoms with Gasteiger partial charge in [-0.25, -0.2) is 0 Å². The predicted octanol–water partition coefficient (Wildman–Crippen LogP) is 3.71. The molecule has 2 aromatic rings. The molecule has 4 heteroatoms. The highest BCUT2D eigenvalue weighted by atomic mass is 32.1. The first kappa shape index (κ1) is 11.1. The van der Waals surface area contributed by atoms with Crippen LogP contribution in [0.2, 0.25) is 0 Å². The van der Waals surface area contributed by atoms with Crippen molar-refractivity contribution in [3.8, 4) is 0 Å². The lowest BCUT2D eigenvalue weighted by Gasteiger charge is -2.20. The smallest absolute Gasteiger partial charge is 0.204 e. The van der Waals surface area contributed by atoms with Gasteiger partial charge in [0, 0.05) is 32.9 Å². The monoisotopic (exact) mass is 264 g/mol. The van der Waals surface area contributed by atoms with E-state index < -0.39 is 0 Å². The van der Waals surface area contributed by atoms with Crippen molar-refractivity contribution in [1.29, 1.82) is 0 Å². The van der Waals surface area contributed by atoms with Gasteiger partial charge in [-0.1, -0.05) is 0 Å². The van der Waals surface area contributed by atoms with Gasteiger partial charge in [0.1, 0.15) is 6.10 Å². The summed E-state index contributed by atoms with van der Waals surface area (Å²) in [7, 11) is 1.70. The average molecular weight is 264 g/mol. The summed E-state index contributed by atoms with van der Waals surface area (Å²) >= 11 is 3.22. The highest BCUT2D eigenvalue weighted by molar-refractivity contribution is 7.15. The number of aryl methyl sites for hydroxylation is 2. The molecule has 0 saturated heterocycles. The zero-order valence-corrected chi connectivity index (χ0v) is 11.5. The number of hydrogen-bond donors (Lipinski definition) is 0. The van der Waals surface area contributed by atoms with Crippen LogP contribution in [0.3, 0.4) is 0 Å². The number of carbonyl (C=O) groups is 1. The highest BCUT2D eigenvalue weighted by Gasteiger charge is 2.34. The molecule has 0 bridgehead atoms. The Kier molecular flexibility index (Phi) is 2.47. The number of ether oxygens (including phenoxy) is 1. The van der Waals surface area contributed by atoms with Crippen molar-refractivity contribution < 1.29 is 9.53 Å². The Morgan fingerprint density at radius 2 is 1.88 bits per heavy atom. The van der Waals surface area contributed by atoms with Crippen molar-refractivity contribution >= 4 is 28.5 Å². The van der Waals surface area contributed by atoms with Crippen LogP contribution in [-0.2, 0) is 4.74 Å². The van der Waals surface area contributed by atoms with Crippen molar-refractivity contribution in [2.45, 2.75) is 20.0 Å². The molecule has 17 heavy (non-hydrogen) atoms. The Morgan fingerprint density at radius 3 is 2.59 bits per heavy atom. The third kappa shape index (κ3) is 1.52. The first-order chi connectivity index (χ1) is 8.11. The molecule has 0 fully saturated rings. The zero-order valence-electron chi connectivity index (χ0n) is 9.87. The minimum atomic E-state index is -0.0682. The maximum absolute atomic E-state index is 12.4. The van der Waals surface area contributed by atoms with E-state index in [1.54, 1.807) is 29.8 Å². The standard InChI is InChI=1S/C13H12O2S2/c1-6-4-8-10(14)12-9(5-7(2)16-12)11(15-3)13(8)17-6/h4-5,11H,1-3H3. The molecular formula is C13H12O2S2. The fourth-order valence-corrected chi connectivity index (χ4v) is 4.42. The first-order valence-electron chi connectivity index (χ1n) is 5.40. The molecule has 0 N–H and O–H groups in total. The van der Waals surface area contributed by atoms with Gasteiger partial charge < -0.3 is 4.74 Å². The maximum atomic E-state index is 12.4. The molecule has 3 rings (SSSR count). The third-order valence-electron chi connectivity index (χ3n) is 2.98. The largest absolute Gasteiger partial charge is 0.371 e. The van der Waals surface area contributed by atoms with Crippen LogP contribution in [0.5, 0.6) is 0 Å². The summed E-state index contributed by atoms with van der Waals surface area (Å²) in [5.41, 5.74) is 1.86. The van der Waals surface area contributed by atoms with E-state index in [1.807, 2.05) is 19.9 Å². The normalized spacial score (nSPS) is 18.1. The molecule has 0 aromatic carbocycles. The molecule has 1 aliphatic rings. The van der Waals surface area contributed by atoms with E-state index in [-0.39, 0.29) is 11.9 Å². The van der Waals surface area contributed by atoms with E-state index in [0.717, 1.165) is 30.6 Å². The first-order valence-corrected chi connectivity index (χ1v) is 7.03. The van der Waals surface area contributed by atoms with Crippen LogP contribution in [0.25, 0.3) is 0 Å². The maximum Gasteiger partial charge on any atom is 0.204 e. The van der Waals surface area contributed by atoms with Crippen LogP contribution < -0.4 is 0 Å². The van der Waals surface area contributed by atoms with Gasteiger partial charge in [0.25, 0.3) is 0 Å². The molecule has 2 nitrogen and oxygen atoms in total. The van der Waals surface area contributed by atoms with Gasteiger partial charge in [-0.3, -0.25) is 4.79 Å². The molecule has 2 heterocycles. The number of fused-ring (bicyclic) bond motifs is 2. The Bertz CT molecular complexity index is 557. The van der Waals surface area contributed by atoms with Gasteiger partial charge in [-0.2, -0.15) is 0 Å². The van der Waals surface area contributed by atoms with Crippen molar-refractivity contribution in [2.24, 2.45) is 0 Å². The lowest BCUT2D eigenvalue weighted by atomic mass is 9.94. The molecule has 1 unspecified atom stereocenters. The fourth-order valence-electron chi connectivity index (χ4n) is 2.31. The van der Waals surface area contributed by atoms with Gasteiger partial charge in [0.2, 0.25) is 5.78 Å². The van der Waals surface area contributed by atoms with Gasteiger partial charge in [0.15, 0.2) is 0 Å². The van der Waals surface area contributed by atoms with E-state index in [9.17, 15) is 4.79 Å². The van der Waals surface area contributed by atoms with E-state index in [4.69, 9.17) is 4.74 Å². The summed E-state index contributed by atoms with van der Waals surface area (Å²) < 4.78 is 5.58. The van der Waals surface area contributed by atoms with Crippen LogP contribution in [0.1, 0.15) is 41.5 Å². The quantitative estimate of drug-likeness (QED) is 0.785. The minimum absolute atomic E-state index is 0.0682. The summed E-state index contributed by atoms with van der Waals surface area (Å²) in [6, 6.07) is 4.05. The number of carbonyl (C=O) groups excluding carboxylic acids is 1. The van der Waals surface area contributed by atoms with Crippen LogP contribution in [0, 0.1) is 13.8 Å². The van der Waals surface area contributed by atoms with E-state index in [0.29, 0.717) is 0 Å².